The lowest BCUT2D eigenvalue weighted by molar-refractivity contribution is -0.316. The number of carbonyl (C=O) groups excluding carboxylic acids is 1. The van der Waals surface area contributed by atoms with E-state index in [1.165, 1.54) is 18.7 Å². The quantitative estimate of drug-likeness (QED) is 0.252. The number of esters is 1. The van der Waals surface area contributed by atoms with Crippen LogP contribution in [0, 0.1) is 5.92 Å². The van der Waals surface area contributed by atoms with Crippen LogP contribution in [0.4, 0.5) is 0 Å². The minimum atomic E-state index is -1.21. The second kappa shape index (κ2) is 16.6. The number of methoxy groups -OCH3 is 2. The fourth-order valence-corrected chi connectivity index (χ4v) is 6.47. The number of rotatable bonds is 13. The predicted octanol–water partition coefficient (Wildman–Crippen LogP) is 4.99. The molecule has 0 spiro atoms. The van der Waals surface area contributed by atoms with Gasteiger partial charge < -0.3 is 43.0 Å². The molecule has 8 atom stereocenters. The highest BCUT2D eigenvalue weighted by atomic mass is 32.2. The molecule has 0 saturated carbocycles. The topological polar surface area (TPSA) is 111 Å². The first-order chi connectivity index (χ1) is 22.3. The number of hydrogen-bond acceptors (Lipinski definition) is 11. The minimum absolute atomic E-state index is 0.114. The van der Waals surface area contributed by atoms with E-state index in [0.29, 0.717) is 6.61 Å². The van der Waals surface area contributed by atoms with E-state index in [1.807, 2.05) is 85.8 Å². The van der Waals surface area contributed by atoms with Crippen molar-refractivity contribution < 1.29 is 47.8 Å². The van der Waals surface area contributed by atoms with Crippen LogP contribution < -0.4 is 9.47 Å². The number of ether oxygens (including phenoxy) is 8. The van der Waals surface area contributed by atoms with Gasteiger partial charge in [-0.1, -0.05) is 61.2 Å². The minimum Gasteiger partial charge on any atom is -0.497 e. The fourth-order valence-electron chi connectivity index (χ4n) is 5.40. The molecule has 1 N–H and O–H groups in total. The van der Waals surface area contributed by atoms with Gasteiger partial charge in [0.2, 0.25) is 0 Å². The number of hydrogen-bond donors (Lipinski definition) is 1. The van der Waals surface area contributed by atoms with E-state index in [2.05, 4.69) is 0 Å². The molecule has 0 amide bonds. The second-order valence-corrected chi connectivity index (χ2v) is 12.5. The number of aliphatic hydroxyl groups excluding tert-OH is 1. The van der Waals surface area contributed by atoms with E-state index in [1.54, 1.807) is 14.2 Å². The Kier molecular flexibility index (Phi) is 12.3. The standard InChI is InChI=1S/C35H42O10S/c1-22-18-43-35(46-28-8-6-5-7-9-28)33(44-23(2)36)31(22)45-34-30(37)32(41-20-25-12-16-27(39-4)17-13-25)29(21-42-34)40-19-24-10-14-26(38-3)15-11-24/h5-17,22,29-35,37H,18-21H2,1-4H3. The third-order valence-electron chi connectivity index (χ3n) is 7.90. The summed E-state index contributed by atoms with van der Waals surface area (Å²) in [6.45, 7) is 4.31. The van der Waals surface area contributed by atoms with Gasteiger partial charge in [0.25, 0.3) is 0 Å². The maximum Gasteiger partial charge on any atom is 0.303 e. The Bertz CT molecular complexity index is 1360. The highest BCUT2D eigenvalue weighted by molar-refractivity contribution is 7.99. The zero-order chi connectivity index (χ0) is 32.5. The van der Waals surface area contributed by atoms with Crippen molar-refractivity contribution in [2.75, 3.05) is 27.4 Å². The molecule has 0 aliphatic carbocycles. The van der Waals surface area contributed by atoms with E-state index in [9.17, 15) is 9.90 Å². The number of benzene rings is 3. The molecule has 2 heterocycles. The number of aliphatic hydroxyl groups is 1. The Labute approximate surface area is 274 Å². The molecular formula is C35H42O10S. The largest absolute Gasteiger partial charge is 0.497 e. The van der Waals surface area contributed by atoms with Crippen molar-refractivity contribution in [3.8, 4) is 11.5 Å². The molecule has 8 unspecified atom stereocenters. The lowest BCUT2D eigenvalue weighted by Gasteiger charge is -2.45. The molecule has 2 fully saturated rings. The van der Waals surface area contributed by atoms with Crippen molar-refractivity contribution in [2.24, 2.45) is 5.92 Å². The Hall–Kier alpha value is -3.16. The van der Waals surface area contributed by atoms with Gasteiger partial charge in [0.15, 0.2) is 12.4 Å². The van der Waals surface area contributed by atoms with Gasteiger partial charge in [0.05, 0.1) is 40.6 Å². The Balaban J connectivity index is 1.31. The van der Waals surface area contributed by atoms with Crippen molar-refractivity contribution in [2.45, 2.75) is 74.2 Å². The average Bonchev–Trinajstić information content (AvgIpc) is 3.07. The molecule has 3 aromatic carbocycles. The SMILES string of the molecule is COc1ccc(COC2COC(OC3C(C)COC(Sc4ccccc4)C3OC(C)=O)C(O)C2OCc2ccc(OC)cc2)cc1. The fraction of sp³-hybridized carbons (Fsp3) is 0.457. The van der Waals surface area contributed by atoms with E-state index in [-0.39, 0.29) is 25.7 Å². The Morgan fingerprint density at radius 2 is 1.41 bits per heavy atom. The van der Waals surface area contributed by atoms with Crippen LogP contribution in [0.5, 0.6) is 11.5 Å². The molecule has 0 aromatic heterocycles. The van der Waals surface area contributed by atoms with E-state index >= 15 is 0 Å². The summed E-state index contributed by atoms with van der Waals surface area (Å²) < 4.78 is 47.6. The summed E-state index contributed by atoms with van der Waals surface area (Å²) in [7, 11) is 3.23. The summed E-state index contributed by atoms with van der Waals surface area (Å²) in [4.78, 5) is 13.2. The first-order valence-corrected chi connectivity index (χ1v) is 16.2. The molecule has 2 saturated heterocycles. The molecule has 46 heavy (non-hydrogen) atoms. The van der Waals surface area contributed by atoms with Gasteiger partial charge in [0, 0.05) is 17.7 Å². The van der Waals surface area contributed by atoms with Crippen molar-refractivity contribution in [1.82, 2.24) is 0 Å². The van der Waals surface area contributed by atoms with Crippen LogP contribution in [-0.4, -0.2) is 80.8 Å². The first-order valence-electron chi connectivity index (χ1n) is 15.3. The van der Waals surface area contributed by atoms with E-state index in [4.69, 9.17) is 37.9 Å². The van der Waals surface area contributed by atoms with Crippen LogP contribution in [0.1, 0.15) is 25.0 Å². The van der Waals surface area contributed by atoms with Gasteiger partial charge in [-0.05, 0) is 47.5 Å². The molecule has 5 rings (SSSR count). The van der Waals surface area contributed by atoms with Crippen LogP contribution in [-0.2, 0) is 46.4 Å². The maximum absolute atomic E-state index is 12.2. The lowest BCUT2D eigenvalue weighted by Crippen LogP contribution is -2.59. The van der Waals surface area contributed by atoms with Crippen LogP contribution >= 0.6 is 11.8 Å². The van der Waals surface area contributed by atoms with Gasteiger partial charge in [-0.25, -0.2) is 0 Å². The summed E-state index contributed by atoms with van der Waals surface area (Å²) in [6.07, 6.45) is -5.00. The molecule has 3 aromatic rings. The third-order valence-corrected chi connectivity index (χ3v) is 9.08. The summed E-state index contributed by atoms with van der Waals surface area (Å²) in [5.74, 6) is 0.878. The smallest absolute Gasteiger partial charge is 0.303 e. The Morgan fingerprint density at radius 1 is 0.804 bits per heavy atom. The monoisotopic (exact) mass is 654 g/mol. The van der Waals surface area contributed by atoms with Crippen LogP contribution in [0.25, 0.3) is 0 Å². The molecule has 2 aliphatic rings. The van der Waals surface area contributed by atoms with E-state index < -0.39 is 48.2 Å². The second-order valence-electron chi connectivity index (χ2n) is 11.3. The van der Waals surface area contributed by atoms with E-state index in [0.717, 1.165) is 27.5 Å². The third kappa shape index (κ3) is 9.01. The van der Waals surface area contributed by atoms with Crippen LogP contribution in [0.2, 0.25) is 0 Å². The Morgan fingerprint density at radius 3 is 2.00 bits per heavy atom. The molecule has 0 bridgehead atoms. The van der Waals surface area contributed by atoms with Crippen molar-refractivity contribution in [3.05, 3.63) is 90.0 Å². The highest BCUT2D eigenvalue weighted by Crippen LogP contribution is 2.37. The van der Waals surface area contributed by atoms with Crippen LogP contribution in [0.15, 0.2) is 83.8 Å². The molecular weight excluding hydrogens is 612 g/mol. The lowest BCUT2D eigenvalue weighted by atomic mass is 9.97. The van der Waals surface area contributed by atoms with Crippen molar-refractivity contribution in [3.63, 3.8) is 0 Å². The molecule has 11 heteroatoms. The van der Waals surface area contributed by atoms with Gasteiger partial charge >= 0.3 is 5.97 Å². The summed E-state index contributed by atoms with van der Waals surface area (Å²) in [5.41, 5.74) is 1.32. The van der Waals surface area contributed by atoms with Gasteiger partial charge in [-0.15, -0.1) is 0 Å². The summed E-state index contributed by atoms with van der Waals surface area (Å²) in [5, 5.41) is 11.7. The predicted molar refractivity (Wildman–Crippen MR) is 171 cm³/mol. The van der Waals surface area contributed by atoms with Crippen molar-refractivity contribution >= 4 is 17.7 Å². The average molecular weight is 655 g/mol. The molecule has 10 nitrogen and oxygen atoms in total. The summed E-state index contributed by atoms with van der Waals surface area (Å²) in [6, 6.07) is 24.8. The van der Waals surface area contributed by atoms with Crippen LogP contribution in [0.3, 0.4) is 0 Å². The molecule has 248 valence electrons. The molecule has 2 aliphatic heterocycles. The van der Waals surface area contributed by atoms with Gasteiger partial charge in [-0.2, -0.15) is 0 Å². The van der Waals surface area contributed by atoms with Gasteiger partial charge in [-0.3, -0.25) is 4.79 Å². The maximum atomic E-state index is 12.2. The van der Waals surface area contributed by atoms with Gasteiger partial charge in [0.1, 0.15) is 41.4 Å². The zero-order valence-electron chi connectivity index (χ0n) is 26.5. The van der Waals surface area contributed by atoms with Crippen molar-refractivity contribution in [1.29, 1.82) is 0 Å². The normalized spacial score (nSPS) is 27.9. The first kappa shape index (κ1) is 34.2. The highest BCUT2D eigenvalue weighted by Gasteiger charge is 2.48. The number of carbonyl (C=O) groups is 1. The zero-order valence-corrected chi connectivity index (χ0v) is 27.3. The number of thioether (sulfide) groups is 1. The summed E-state index contributed by atoms with van der Waals surface area (Å²) >= 11 is 1.46. The molecule has 0 radical (unpaired) electrons.